The van der Waals surface area contributed by atoms with Crippen LogP contribution in [-0.2, 0) is 19.7 Å². The molecule has 0 bridgehead atoms. The van der Waals surface area contributed by atoms with E-state index in [1.807, 2.05) is 12.2 Å². The first-order chi connectivity index (χ1) is 22.6. The first-order valence-electron chi connectivity index (χ1n) is 16.9. The number of hydrogen-bond acceptors (Lipinski definition) is 6. The Kier molecular flexibility index (Phi) is 15.7. The van der Waals surface area contributed by atoms with Crippen molar-refractivity contribution in [3.05, 3.63) is 95.5 Å². The third-order valence-corrected chi connectivity index (χ3v) is 11.7. The molecular weight excluding hydrogens is 631 g/mol. The van der Waals surface area contributed by atoms with Crippen LogP contribution < -0.4 is 10.3 Å². The standard InChI is InChI=1S/C38H51NO6S2/c1-4-6-8-10-12-14-16-18-26-46(41,42)34-24-20-22-32(28-34)36-30-39(45-3)31-37(38(36)40)33-23-21-25-35(29-33)47(43,44)27-19-17-15-13-11-9-7-5-2/h12-15,20-25,28-31H,4-11,16-19,26-27H2,1-3H3. The zero-order valence-corrected chi connectivity index (χ0v) is 29.8. The summed E-state index contributed by atoms with van der Waals surface area (Å²) in [5, 5.41) is 0. The monoisotopic (exact) mass is 681 g/mol. The number of allylic oxidation sites excluding steroid dienone is 4. The van der Waals surface area contributed by atoms with Crippen molar-refractivity contribution in [1.82, 2.24) is 4.73 Å². The molecule has 0 aliphatic rings. The van der Waals surface area contributed by atoms with Crippen LogP contribution in [0.25, 0.3) is 22.3 Å². The maximum atomic E-state index is 13.9. The van der Waals surface area contributed by atoms with Crippen molar-refractivity contribution in [3.8, 4) is 22.3 Å². The fourth-order valence-electron chi connectivity index (χ4n) is 5.30. The lowest BCUT2D eigenvalue weighted by molar-refractivity contribution is 0.166. The van der Waals surface area contributed by atoms with E-state index in [9.17, 15) is 21.6 Å². The normalized spacial score (nSPS) is 12.3. The number of aromatic nitrogens is 1. The summed E-state index contributed by atoms with van der Waals surface area (Å²) in [6.45, 7) is 4.33. The Balaban J connectivity index is 1.80. The molecule has 0 aliphatic carbocycles. The Morgan fingerprint density at radius 3 is 1.40 bits per heavy atom. The van der Waals surface area contributed by atoms with Gasteiger partial charge in [0, 0.05) is 11.1 Å². The molecule has 47 heavy (non-hydrogen) atoms. The van der Waals surface area contributed by atoms with Crippen molar-refractivity contribution in [1.29, 1.82) is 0 Å². The molecule has 9 heteroatoms. The zero-order valence-electron chi connectivity index (χ0n) is 28.2. The molecule has 2 aromatic carbocycles. The van der Waals surface area contributed by atoms with Crippen LogP contribution in [0.4, 0.5) is 0 Å². The van der Waals surface area contributed by atoms with E-state index in [1.54, 1.807) is 36.4 Å². The molecule has 0 aliphatic heterocycles. The summed E-state index contributed by atoms with van der Waals surface area (Å²) in [6.07, 6.45) is 22.8. The molecule has 0 spiro atoms. The Morgan fingerprint density at radius 2 is 1.02 bits per heavy atom. The van der Waals surface area contributed by atoms with Crippen molar-refractivity contribution >= 4 is 19.7 Å². The van der Waals surface area contributed by atoms with Crippen LogP contribution in [-0.4, -0.2) is 40.2 Å². The molecule has 1 aromatic heterocycles. The lowest BCUT2D eigenvalue weighted by atomic mass is 10.0. The fourth-order valence-corrected chi connectivity index (χ4v) is 8.05. The summed E-state index contributed by atoms with van der Waals surface area (Å²) >= 11 is 0. The summed E-state index contributed by atoms with van der Waals surface area (Å²) in [7, 11) is -5.68. The first-order valence-corrected chi connectivity index (χ1v) is 20.2. The van der Waals surface area contributed by atoms with E-state index >= 15 is 0 Å². The quantitative estimate of drug-likeness (QED) is 0.0825. The minimum Gasteiger partial charge on any atom is -0.418 e. The molecule has 0 N–H and O–H groups in total. The Morgan fingerprint density at radius 1 is 0.617 bits per heavy atom. The number of rotatable bonds is 21. The highest BCUT2D eigenvalue weighted by molar-refractivity contribution is 7.91. The van der Waals surface area contributed by atoms with E-state index < -0.39 is 19.7 Å². The van der Waals surface area contributed by atoms with Gasteiger partial charge >= 0.3 is 0 Å². The van der Waals surface area contributed by atoms with Gasteiger partial charge in [0.05, 0.1) is 33.7 Å². The van der Waals surface area contributed by atoms with Crippen molar-refractivity contribution in [3.63, 3.8) is 0 Å². The van der Waals surface area contributed by atoms with Crippen LogP contribution >= 0.6 is 0 Å². The number of pyridine rings is 1. The second-order valence-corrected chi connectivity index (χ2v) is 16.1. The van der Waals surface area contributed by atoms with Gasteiger partial charge in [0.25, 0.3) is 0 Å². The highest BCUT2D eigenvalue weighted by Gasteiger charge is 2.19. The summed E-state index contributed by atoms with van der Waals surface area (Å²) in [5.74, 6) is 0.0171. The third-order valence-electron chi connectivity index (χ3n) is 8.07. The topological polar surface area (TPSA) is 99.5 Å². The Bertz CT molecular complexity index is 1630. The average Bonchev–Trinajstić information content (AvgIpc) is 3.07. The van der Waals surface area contributed by atoms with Gasteiger partial charge in [-0.3, -0.25) is 4.79 Å². The molecule has 0 radical (unpaired) electrons. The predicted octanol–water partition coefficient (Wildman–Crippen LogP) is 8.62. The number of hydrogen-bond donors (Lipinski definition) is 0. The van der Waals surface area contributed by atoms with Gasteiger partial charge in [-0.1, -0.05) is 88.1 Å². The van der Waals surface area contributed by atoms with Crippen molar-refractivity contribution < 1.29 is 21.7 Å². The summed E-state index contributed by atoms with van der Waals surface area (Å²) in [6, 6.07) is 12.8. The third kappa shape index (κ3) is 12.0. The molecule has 3 aromatic rings. The van der Waals surface area contributed by atoms with Gasteiger partial charge in [-0.05, 0) is 86.8 Å². The van der Waals surface area contributed by atoms with Gasteiger partial charge in [0.15, 0.2) is 25.1 Å². The number of nitrogens with zero attached hydrogens (tertiary/aromatic N) is 1. The SMILES string of the molecule is CCCCCC=CCCCS(=O)(=O)c1cccc(-c2cn(OC)cc(-c3cccc(S(=O)(=O)CCCC=CCCCCC)c3)c2=O)c1. The highest BCUT2D eigenvalue weighted by Crippen LogP contribution is 2.26. The summed E-state index contributed by atoms with van der Waals surface area (Å²) in [5.41, 5.74) is 1.01. The van der Waals surface area contributed by atoms with Crippen LogP contribution in [0.2, 0.25) is 0 Å². The fraction of sp³-hybridized carbons (Fsp3) is 0.447. The summed E-state index contributed by atoms with van der Waals surface area (Å²) in [4.78, 5) is 19.6. The van der Waals surface area contributed by atoms with E-state index in [1.165, 1.54) is 62.0 Å². The van der Waals surface area contributed by atoms with Crippen molar-refractivity contribution in [2.75, 3.05) is 18.6 Å². The second kappa shape index (κ2) is 19.4. The number of sulfone groups is 2. The van der Waals surface area contributed by atoms with E-state index in [-0.39, 0.29) is 37.9 Å². The average molecular weight is 682 g/mol. The maximum Gasteiger partial charge on any atom is 0.197 e. The largest absolute Gasteiger partial charge is 0.418 e. The molecule has 1 heterocycles. The number of benzene rings is 2. The predicted molar refractivity (Wildman–Crippen MR) is 193 cm³/mol. The summed E-state index contributed by atoms with van der Waals surface area (Å²) < 4.78 is 54.1. The Hall–Kier alpha value is -3.43. The molecule has 7 nitrogen and oxygen atoms in total. The molecule has 0 amide bonds. The molecule has 0 atom stereocenters. The van der Waals surface area contributed by atoms with E-state index in [4.69, 9.17) is 4.84 Å². The van der Waals surface area contributed by atoms with Gasteiger partial charge in [-0.15, -0.1) is 0 Å². The lowest BCUT2D eigenvalue weighted by Gasteiger charge is -2.13. The molecule has 0 saturated heterocycles. The van der Waals surface area contributed by atoms with E-state index in [0.29, 0.717) is 36.8 Å². The molecule has 0 unspecified atom stereocenters. The lowest BCUT2D eigenvalue weighted by Crippen LogP contribution is -2.16. The molecular formula is C38H51NO6S2. The van der Waals surface area contributed by atoms with Crippen LogP contribution in [0.1, 0.15) is 90.9 Å². The van der Waals surface area contributed by atoms with Crippen molar-refractivity contribution in [2.24, 2.45) is 0 Å². The first kappa shape index (κ1) is 38.0. The second-order valence-electron chi connectivity index (χ2n) is 11.9. The molecule has 3 rings (SSSR count). The van der Waals surface area contributed by atoms with Gasteiger partial charge in [-0.25, -0.2) is 16.8 Å². The molecule has 0 saturated carbocycles. The number of unbranched alkanes of at least 4 members (excludes halogenated alkanes) is 8. The van der Waals surface area contributed by atoms with E-state index in [0.717, 1.165) is 25.7 Å². The minimum absolute atomic E-state index is 0.00854. The van der Waals surface area contributed by atoms with Crippen LogP contribution in [0.5, 0.6) is 0 Å². The van der Waals surface area contributed by atoms with Crippen LogP contribution in [0.15, 0.2) is 99.8 Å². The van der Waals surface area contributed by atoms with Gasteiger partial charge < -0.3 is 4.84 Å². The minimum atomic E-state index is -3.57. The van der Waals surface area contributed by atoms with Gasteiger partial charge in [0.2, 0.25) is 0 Å². The van der Waals surface area contributed by atoms with E-state index in [2.05, 4.69) is 26.0 Å². The zero-order chi connectivity index (χ0) is 34.1. The Labute approximate surface area is 282 Å². The van der Waals surface area contributed by atoms with Gasteiger partial charge in [0.1, 0.15) is 7.11 Å². The van der Waals surface area contributed by atoms with Gasteiger partial charge in [-0.2, -0.15) is 4.73 Å². The smallest absolute Gasteiger partial charge is 0.197 e. The molecule has 256 valence electrons. The van der Waals surface area contributed by atoms with Crippen LogP contribution in [0, 0.1) is 0 Å². The van der Waals surface area contributed by atoms with Crippen LogP contribution in [0.3, 0.4) is 0 Å². The molecule has 0 fully saturated rings. The maximum absolute atomic E-state index is 13.9. The van der Waals surface area contributed by atoms with Crippen molar-refractivity contribution in [2.45, 2.75) is 101 Å². The highest BCUT2D eigenvalue weighted by atomic mass is 32.2.